The van der Waals surface area contributed by atoms with Crippen molar-refractivity contribution in [1.29, 1.82) is 0 Å². The lowest BCUT2D eigenvalue weighted by Crippen LogP contribution is -1.92. The molecule has 0 aromatic heterocycles. The second kappa shape index (κ2) is 4.13. The van der Waals surface area contributed by atoms with Gasteiger partial charge in [-0.05, 0) is 58.7 Å². The van der Waals surface area contributed by atoms with Crippen LogP contribution in [0.4, 0.5) is 0 Å². The van der Waals surface area contributed by atoms with E-state index in [1.54, 1.807) is 0 Å². The van der Waals surface area contributed by atoms with Gasteiger partial charge < -0.3 is 0 Å². The molecule has 0 heteroatoms. The smallest absolute Gasteiger partial charge is 0.000740 e. The molecule has 0 unspecified atom stereocenters. The van der Waals surface area contributed by atoms with E-state index >= 15 is 0 Å². The van der Waals surface area contributed by atoms with Gasteiger partial charge in [0.15, 0.2) is 0 Å². The van der Waals surface area contributed by atoms with E-state index in [1.807, 2.05) is 0 Å². The number of benzene rings is 2. The van der Waals surface area contributed by atoms with E-state index in [4.69, 9.17) is 0 Å². The maximum absolute atomic E-state index is 4.22. The number of hydrogen-bond acceptors (Lipinski definition) is 0. The quantitative estimate of drug-likeness (QED) is 0.586. The number of fused-ring (bicyclic) bond motifs is 3. The highest BCUT2D eigenvalue weighted by Crippen LogP contribution is 2.40. The zero-order valence-electron chi connectivity index (χ0n) is 11.1. The Morgan fingerprint density at radius 1 is 1.17 bits per heavy atom. The summed E-state index contributed by atoms with van der Waals surface area (Å²) in [7, 11) is 0. The van der Waals surface area contributed by atoms with Crippen LogP contribution in [0.2, 0.25) is 0 Å². The van der Waals surface area contributed by atoms with Crippen molar-refractivity contribution in [2.75, 3.05) is 0 Å². The van der Waals surface area contributed by atoms with Gasteiger partial charge in [-0.2, -0.15) is 0 Å². The summed E-state index contributed by atoms with van der Waals surface area (Å²) in [5.74, 6) is 0. The molecule has 0 bridgehead atoms. The Balaban J connectivity index is 2.25. The highest BCUT2D eigenvalue weighted by Gasteiger charge is 2.21. The molecule has 2 aromatic rings. The van der Waals surface area contributed by atoms with E-state index in [0.717, 1.165) is 12.8 Å². The van der Waals surface area contributed by atoms with E-state index < -0.39 is 0 Å². The summed E-state index contributed by atoms with van der Waals surface area (Å²) in [6, 6.07) is 13.3. The molecular weight excluding hydrogens is 216 g/mol. The third-order valence-corrected chi connectivity index (χ3v) is 3.88. The van der Waals surface area contributed by atoms with E-state index in [0.29, 0.717) is 0 Å². The van der Waals surface area contributed by atoms with Crippen LogP contribution in [0.25, 0.3) is 16.7 Å². The lowest BCUT2D eigenvalue weighted by atomic mass is 9.93. The predicted molar refractivity (Wildman–Crippen MR) is 78.7 cm³/mol. The molecule has 0 heterocycles. The molecule has 0 N–H and O–H groups in total. The lowest BCUT2D eigenvalue weighted by Gasteiger charge is -2.11. The first-order chi connectivity index (χ1) is 8.70. The van der Waals surface area contributed by atoms with Gasteiger partial charge in [-0.1, -0.05) is 49.9 Å². The first kappa shape index (κ1) is 11.3. The molecule has 90 valence electrons. The summed E-state index contributed by atoms with van der Waals surface area (Å²) >= 11 is 0. The first-order valence-corrected chi connectivity index (χ1v) is 6.60. The lowest BCUT2D eigenvalue weighted by molar-refractivity contribution is 1.19. The normalized spacial score (nSPS) is 12.1. The van der Waals surface area contributed by atoms with Crippen LogP contribution in [0.15, 0.2) is 43.0 Å². The Bertz CT molecular complexity index is 632. The fourth-order valence-corrected chi connectivity index (χ4v) is 2.88. The number of aryl methyl sites for hydroxylation is 1. The van der Waals surface area contributed by atoms with Gasteiger partial charge in [0.25, 0.3) is 0 Å². The number of rotatable bonds is 2. The fourth-order valence-electron chi connectivity index (χ4n) is 2.88. The van der Waals surface area contributed by atoms with Crippen LogP contribution in [0.1, 0.15) is 35.6 Å². The van der Waals surface area contributed by atoms with Gasteiger partial charge in [0.05, 0.1) is 0 Å². The Morgan fingerprint density at radius 2 is 1.94 bits per heavy atom. The summed E-state index contributed by atoms with van der Waals surface area (Å²) in [6.07, 6.45) is 2.08. The van der Waals surface area contributed by atoms with Crippen molar-refractivity contribution in [3.63, 3.8) is 0 Å². The minimum absolute atomic E-state index is 1.02. The molecule has 0 saturated carbocycles. The maximum atomic E-state index is 4.22. The summed E-state index contributed by atoms with van der Waals surface area (Å²) in [5, 5.41) is 0. The van der Waals surface area contributed by atoms with E-state index in [1.165, 1.54) is 39.0 Å². The van der Waals surface area contributed by atoms with E-state index in [2.05, 4.69) is 56.8 Å². The van der Waals surface area contributed by atoms with Crippen LogP contribution < -0.4 is 0 Å². The zero-order valence-corrected chi connectivity index (χ0v) is 11.1. The predicted octanol–water partition coefficient (Wildman–Crippen LogP) is 4.99. The maximum Gasteiger partial charge on any atom is -0.000740 e. The highest BCUT2D eigenvalue weighted by molar-refractivity contribution is 5.83. The molecule has 0 amide bonds. The molecule has 3 rings (SSSR count). The van der Waals surface area contributed by atoms with Crippen molar-refractivity contribution in [2.45, 2.75) is 26.7 Å². The monoisotopic (exact) mass is 234 g/mol. The molecule has 0 atom stereocenters. The second-order valence-electron chi connectivity index (χ2n) is 5.13. The fraction of sp³-hybridized carbons (Fsp3) is 0.222. The zero-order chi connectivity index (χ0) is 12.7. The van der Waals surface area contributed by atoms with Gasteiger partial charge in [-0.15, -0.1) is 0 Å². The average Bonchev–Trinajstić information content (AvgIpc) is 2.75. The topological polar surface area (TPSA) is 0 Å². The minimum Gasteiger partial charge on any atom is -0.0952 e. The van der Waals surface area contributed by atoms with Crippen molar-refractivity contribution < 1.29 is 0 Å². The van der Waals surface area contributed by atoms with Gasteiger partial charge in [-0.25, -0.2) is 0 Å². The molecule has 0 aliphatic heterocycles. The third-order valence-electron chi connectivity index (χ3n) is 3.88. The van der Waals surface area contributed by atoms with Crippen LogP contribution in [0.3, 0.4) is 0 Å². The van der Waals surface area contributed by atoms with Gasteiger partial charge in [-0.3, -0.25) is 0 Å². The van der Waals surface area contributed by atoms with Crippen molar-refractivity contribution in [1.82, 2.24) is 0 Å². The highest BCUT2D eigenvalue weighted by atomic mass is 14.2. The standard InChI is InChI=1S/C18H18/c1-4-13(3)16-9-12(2)10-17-15-8-6-5-7-14(15)11-18(16)17/h5-10H,3-4,11H2,1-2H3. The summed E-state index contributed by atoms with van der Waals surface area (Å²) in [6.45, 7) is 8.58. The third kappa shape index (κ3) is 1.60. The van der Waals surface area contributed by atoms with Crippen molar-refractivity contribution in [3.8, 4) is 11.1 Å². The van der Waals surface area contributed by atoms with Crippen LogP contribution in [0, 0.1) is 6.92 Å². The van der Waals surface area contributed by atoms with Crippen molar-refractivity contribution in [3.05, 3.63) is 65.2 Å². The molecule has 0 radical (unpaired) electrons. The van der Waals surface area contributed by atoms with Gasteiger partial charge in [0.1, 0.15) is 0 Å². The number of allylic oxidation sites excluding steroid dienone is 1. The Labute approximate surface area is 109 Å². The Kier molecular flexibility index (Phi) is 2.59. The van der Waals surface area contributed by atoms with Crippen LogP contribution in [-0.4, -0.2) is 0 Å². The van der Waals surface area contributed by atoms with Gasteiger partial charge >= 0.3 is 0 Å². The minimum atomic E-state index is 1.02. The molecule has 1 aliphatic carbocycles. The van der Waals surface area contributed by atoms with E-state index in [9.17, 15) is 0 Å². The van der Waals surface area contributed by atoms with E-state index in [-0.39, 0.29) is 0 Å². The molecule has 0 spiro atoms. The molecule has 1 aliphatic rings. The first-order valence-electron chi connectivity index (χ1n) is 6.60. The molecule has 18 heavy (non-hydrogen) atoms. The Morgan fingerprint density at radius 3 is 2.72 bits per heavy atom. The molecule has 0 nitrogen and oxygen atoms in total. The van der Waals surface area contributed by atoms with Gasteiger partial charge in [0.2, 0.25) is 0 Å². The van der Waals surface area contributed by atoms with Crippen LogP contribution in [0.5, 0.6) is 0 Å². The second-order valence-corrected chi connectivity index (χ2v) is 5.13. The molecule has 0 fully saturated rings. The summed E-state index contributed by atoms with van der Waals surface area (Å²) < 4.78 is 0. The molecule has 0 saturated heterocycles. The SMILES string of the molecule is C=C(CC)c1cc(C)cc2c1Cc1ccccc1-2. The van der Waals surface area contributed by atoms with Crippen LogP contribution >= 0.6 is 0 Å². The average molecular weight is 234 g/mol. The van der Waals surface area contributed by atoms with Gasteiger partial charge in [0, 0.05) is 0 Å². The largest absolute Gasteiger partial charge is 0.0952 e. The molecule has 2 aromatic carbocycles. The van der Waals surface area contributed by atoms with Crippen molar-refractivity contribution in [2.24, 2.45) is 0 Å². The molecular formula is C18H18. The van der Waals surface area contributed by atoms with Crippen molar-refractivity contribution >= 4 is 5.57 Å². The van der Waals surface area contributed by atoms with Crippen LogP contribution in [-0.2, 0) is 6.42 Å². The Hall–Kier alpha value is -1.82. The summed E-state index contributed by atoms with van der Waals surface area (Å²) in [4.78, 5) is 0. The summed E-state index contributed by atoms with van der Waals surface area (Å²) in [5.41, 5.74) is 9.68. The number of hydrogen-bond donors (Lipinski definition) is 0.